The topological polar surface area (TPSA) is 81.6 Å². The number of aliphatic hydroxyl groups is 1. The van der Waals surface area contributed by atoms with Crippen molar-refractivity contribution in [2.75, 3.05) is 53.7 Å². The summed E-state index contributed by atoms with van der Waals surface area (Å²) in [5.74, 6) is 3.23. The van der Waals surface area contributed by atoms with Crippen molar-refractivity contribution in [2.24, 2.45) is 11.8 Å². The van der Waals surface area contributed by atoms with E-state index in [4.69, 9.17) is 21.6 Å². The van der Waals surface area contributed by atoms with Crippen LogP contribution in [0.15, 0.2) is 29.2 Å². The molecular weight excluding hydrogens is 458 g/mol. The molecule has 3 fully saturated rings. The second kappa shape index (κ2) is 8.40. The van der Waals surface area contributed by atoms with E-state index in [0.29, 0.717) is 23.4 Å². The van der Waals surface area contributed by atoms with Gasteiger partial charge >= 0.3 is 0 Å². The summed E-state index contributed by atoms with van der Waals surface area (Å²) in [6, 6.07) is 8.11. The van der Waals surface area contributed by atoms with E-state index in [0.717, 1.165) is 79.8 Å². The number of aryl methyl sites for hydroxylation is 1. The Balaban J connectivity index is 1.24. The first-order chi connectivity index (χ1) is 16.0. The maximum atomic E-state index is 12.9. The Bertz CT molecular complexity index is 1060. The van der Waals surface area contributed by atoms with E-state index < -0.39 is 10.8 Å². The number of anilines is 3. The monoisotopic (exact) mass is 487 g/mol. The molecule has 176 valence electrons. The minimum Gasteiger partial charge on any atom is -0.394 e. The Hall–Kier alpha value is -1.90. The number of hydrogen-bond donors (Lipinski definition) is 2. The van der Waals surface area contributed by atoms with Gasteiger partial charge in [-0.1, -0.05) is 11.6 Å². The molecule has 1 saturated carbocycles. The predicted octanol–water partition coefficient (Wildman–Crippen LogP) is 3.08. The summed E-state index contributed by atoms with van der Waals surface area (Å²) < 4.78 is 12.9. The molecular formula is C24H30ClN5O2S. The van der Waals surface area contributed by atoms with Gasteiger partial charge in [-0.2, -0.15) is 4.98 Å². The third kappa shape index (κ3) is 3.90. The Labute approximate surface area is 202 Å². The van der Waals surface area contributed by atoms with Crippen molar-refractivity contribution in [1.29, 1.82) is 0 Å². The molecule has 3 aliphatic heterocycles. The number of aromatic nitrogens is 2. The average molecular weight is 488 g/mol. The van der Waals surface area contributed by atoms with Crippen molar-refractivity contribution >= 4 is 39.9 Å². The summed E-state index contributed by atoms with van der Waals surface area (Å²) in [7, 11) is -1.09. The van der Waals surface area contributed by atoms with E-state index in [1.54, 1.807) is 0 Å². The zero-order valence-corrected chi connectivity index (χ0v) is 20.2. The van der Waals surface area contributed by atoms with Crippen molar-refractivity contribution in [3.05, 3.63) is 35.0 Å². The third-order valence-electron chi connectivity index (χ3n) is 7.85. The van der Waals surface area contributed by atoms with E-state index in [-0.39, 0.29) is 12.1 Å². The van der Waals surface area contributed by atoms with Crippen molar-refractivity contribution < 1.29 is 9.32 Å². The average Bonchev–Trinajstić information content (AvgIpc) is 3.36. The van der Waals surface area contributed by atoms with Gasteiger partial charge in [0.15, 0.2) is 0 Å². The molecule has 6 rings (SSSR count). The van der Waals surface area contributed by atoms with Crippen molar-refractivity contribution in [3.63, 3.8) is 0 Å². The Morgan fingerprint density at radius 1 is 1.06 bits per heavy atom. The quantitative estimate of drug-likeness (QED) is 0.670. The first-order valence-corrected chi connectivity index (χ1v) is 13.7. The van der Waals surface area contributed by atoms with Crippen LogP contribution in [0.25, 0.3) is 0 Å². The minimum absolute atomic E-state index is 0.0716. The minimum atomic E-state index is -1.09. The number of nitrogens with one attached hydrogen (secondary N) is 1. The number of nitrogens with zero attached hydrogens (tertiary/aromatic N) is 4. The Morgan fingerprint density at radius 2 is 1.76 bits per heavy atom. The van der Waals surface area contributed by atoms with Gasteiger partial charge < -0.3 is 20.2 Å². The van der Waals surface area contributed by atoms with Gasteiger partial charge in [0.1, 0.15) is 10.7 Å². The highest BCUT2D eigenvalue weighted by atomic mass is 35.5. The highest BCUT2D eigenvalue weighted by Crippen LogP contribution is 2.40. The van der Waals surface area contributed by atoms with Crippen LogP contribution in [-0.2, 0) is 17.2 Å². The molecule has 4 heterocycles. The van der Waals surface area contributed by atoms with Crippen molar-refractivity contribution in [1.82, 2.24) is 9.97 Å². The van der Waals surface area contributed by atoms with Gasteiger partial charge in [-0.15, -0.1) is 0 Å². The first kappa shape index (κ1) is 21.6. The molecule has 33 heavy (non-hydrogen) atoms. The van der Waals surface area contributed by atoms with Gasteiger partial charge in [0.25, 0.3) is 0 Å². The lowest BCUT2D eigenvalue weighted by Crippen LogP contribution is -2.49. The van der Waals surface area contributed by atoms with E-state index in [1.807, 2.05) is 12.1 Å². The predicted molar refractivity (Wildman–Crippen MR) is 132 cm³/mol. The molecule has 2 unspecified atom stereocenters. The molecule has 4 aliphatic rings. The van der Waals surface area contributed by atoms with Crippen LogP contribution >= 0.6 is 11.6 Å². The van der Waals surface area contributed by atoms with Crippen LogP contribution < -0.4 is 15.1 Å². The molecule has 0 spiro atoms. The zero-order valence-electron chi connectivity index (χ0n) is 18.7. The van der Waals surface area contributed by atoms with Crippen LogP contribution in [0.3, 0.4) is 0 Å². The summed E-state index contributed by atoms with van der Waals surface area (Å²) in [4.78, 5) is 15.4. The van der Waals surface area contributed by atoms with Crippen LogP contribution in [0.2, 0.25) is 5.02 Å². The van der Waals surface area contributed by atoms with Gasteiger partial charge in [-0.05, 0) is 56.4 Å². The lowest BCUT2D eigenvalue weighted by molar-refractivity contribution is 0.143. The van der Waals surface area contributed by atoms with Crippen LogP contribution in [0.1, 0.15) is 31.4 Å². The SMILES string of the molecule is O=[S@]1CCCc2nc(N3CC4CN(c5ccc(Cl)cc5)CC4C3)nc(NC3(CO)CCC3)c21. The summed E-state index contributed by atoms with van der Waals surface area (Å²) in [6.45, 7) is 3.98. The summed E-state index contributed by atoms with van der Waals surface area (Å²) in [6.07, 6.45) is 4.65. The number of fused-ring (bicyclic) bond motifs is 2. The molecule has 2 aromatic rings. The zero-order chi connectivity index (χ0) is 22.6. The van der Waals surface area contributed by atoms with E-state index in [1.165, 1.54) is 5.69 Å². The standard InChI is InChI=1S/C24H30ClN5O2S/c25-18-4-6-19(7-5-18)29-11-16-13-30(14-17(16)12-29)23-26-20-3-1-10-33(32)21(20)22(27-23)28-24(15-31)8-2-9-24/h4-7,16-17,31H,1-3,8-15H2,(H,26,27,28)/t16?,17?,33-/m0/s1. The van der Waals surface area contributed by atoms with E-state index >= 15 is 0 Å². The highest BCUT2D eigenvalue weighted by molar-refractivity contribution is 7.85. The molecule has 0 radical (unpaired) electrons. The normalized spacial score (nSPS) is 27.8. The maximum absolute atomic E-state index is 12.9. The number of aliphatic hydroxyl groups excluding tert-OH is 1. The first-order valence-electron chi connectivity index (χ1n) is 12.0. The molecule has 1 aromatic carbocycles. The Morgan fingerprint density at radius 3 is 2.39 bits per heavy atom. The van der Waals surface area contributed by atoms with E-state index in [2.05, 4.69) is 27.2 Å². The van der Waals surface area contributed by atoms with Gasteiger partial charge in [0, 0.05) is 54.5 Å². The molecule has 1 aromatic heterocycles. The van der Waals surface area contributed by atoms with Crippen LogP contribution in [0, 0.1) is 11.8 Å². The lowest BCUT2D eigenvalue weighted by atomic mass is 9.77. The van der Waals surface area contributed by atoms with Crippen molar-refractivity contribution in [3.8, 4) is 0 Å². The molecule has 1 aliphatic carbocycles. The molecule has 2 saturated heterocycles. The third-order valence-corrected chi connectivity index (χ3v) is 9.65. The van der Waals surface area contributed by atoms with E-state index in [9.17, 15) is 9.32 Å². The Kier molecular flexibility index (Phi) is 5.50. The summed E-state index contributed by atoms with van der Waals surface area (Å²) in [5, 5.41) is 14.3. The van der Waals surface area contributed by atoms with Gasteiger partial charge in [-0.3, -0.25) is 4.21 Å². The second-order valence-electron chi connectivity index (χ2n) is 10.0. The molecule has 7 nitrogen and oxygen atoms in total. The maximum Gasteiger partial charge on any atom is 0.227 e. The lowest BCUT2D eigenvalue weighted by Gasteiger charge is -2.42. The number of benzene rings is 1. The fourth-order valence-corrected chi connectivity index (χ4v) is 7.25. The highest BCUT2D eigenvalue weighted by Gasteiger charge is 2.42. The summed E-state index contributed by atoms with van der Waals surface area (Å²) in [5.41, 5.74) is 1.82. The molecule has 0 bridgehead atoms. The molecule has 0 amide bonds. The van der Waals surface area contributed by atoms with Crippen LogP contribution in [-0.4, -0.2) is 63.4 Å². The number of hydrogen-bond acceptors (Lipinski definition) is 7. The van der Waals surface area contributed by atoms with Gasteiger partial charge in [-0.25, -0.2) is 4.98 Å². The van der Waals surface area contributed by atoms with Crippen LogP contribution in [0.5, 0.6) is 0 Å². The van der Waals surface area contributed by atoms with Gasteiger partial charge in [0.2, 0.25) is 5.95 Å². The number of rotatable bonds is 5. The molecule has 2 N–H and O–H groups in total. The number of halogens is 1. The fraction of sp³-hybridized carbons (Fsp3) is 0.583. The molecule has 9 heteroatoms. The largest absolute Gasteiger partial charge is 0.394 e. The van der Waals surface area contributed by atoms with Crippen LogP contribution in [0.4, 0.5) is 17.5 Å². The van der Waals surface area contributed by atoms with Crippen molar-refractivity contribution in [2.45, 2.75) is 42.5 Å². The molecule has 3 atom stereocenters. The smallest absolute Gasteiger partial charge is 0.227 e. The summed E-state index contributed by atoms with van der Waals surface area (Å²) >= 11 is 6.06. The van der Waals surface area contributed by atoms with Gasteiger partial charge in [0.05, 0.1) is 28.6 Å². The second-order valence-corrected chi connectivity index (χ2v) is 12.0. The fourth-order valence-electron chi connectivity index (χ4n) is 5.79.